The fourth-order valence-corrected chi connectivity index (χ4v) is 3.00. The first-order valence-electron chi connectivity index (χ1n) is 6.78. The van der Waals surface area contributed by atoms with Gasteiger partial charge in [-0.25, -0.2) is 9.78 Å². The van der Waals surface area contributed by atoms with E-state index in [2.05, 4.69) is 20.3 Å². The average Bonchev–Trinajstić information content (AvgIpc) is 2.86. The second-order valence-electron chi connectivity index (χ2n) is 5.45. The van der Waals surface area contributed by atoms with Crippen LogP contribution in [-0.4, -0.2) is 50.2 Å². The molecule has 0 bridgehead atoms. The Labute approximate surface area is 126 Å². The molecule has 1 amide bonds. The highest BCUT2D eigenvalue weighted by Gasteiger charge is 2.28. The smallest absolute Gasteiger partial charge is 0.407 e. The van der Waals surface area contributed by atoms with E-state index in [1.165, 1.54) is 4.90 Å². The number of nitrogens with zero attached hydrogens (tertiary/aromatic N) is 3. The third kappa shape index (κ3) is 2.87. The Kier molecular flexibility index (Phi) is 3.59. The van der Waals surface area contributed by atoms with Gasteiger partial charge in [-0.2, -0.15) is 4.98 Å². The minimum absolute atomic E-state index is 0.00826. The number of piperidine rings is 1. The second-order valence-corrected chi connectivity index (χ2v) is 5.79. The summed E-state index contributed by atoms with van der Waals surface area (Å²) in [5, 5.41) is 13.5. The van der Waals surface area contributed by atoms with E-state index in [0.29, 0.717) is 30.5 Å². The SMILES string of the molecule is CC1CC(Nc2nc(Cl)nc3[nH]ccc23)CN(C(=O)O)C1. The lowest BCUT2D eigenvalue weighted by Gasteiger charge is -2.35. The Bertz CT molecular complexity index is 674. The Morgan fingerprint density at radius 3 is 3.10 bits per heavy atom. The summed E-state index contributed by atoms with van der Waals surface area (Å²) in [7, 11) is 0. The van der Waals surface area contributed by atoms with Gasteiger partial charge in [-0.05, 0) is 30.0 Å². The first kappa shape index (κ1) is 13.9. The molecule has 7 nitrogen and oxygen atoms in total. The maximum atomic E-state index is 11.2. The first-order valence-corrected chi connectivity index (χ1v) is 7.15. The van der Waals surface area contributed by atoms with Crippen molar-refractivity contribution in [2.24, 2.45) is 5.92 Å². The summed E-state index contributed by atoms with van der Waals surface area (Å²) in [4.78, 5) is 23.9. The number of aromatic nitrogens is 3. The zero-order valence-corrected chi connectivity index (χ0v) is 12.3. The van der Waals surface area contributed by atoms with Crippen LogP contribution in [0.1, 0.15) is 13.3 Å². The van der Waals surface area contributed by atoms with E-state index < -0.39 is 6.09 Å². The number of rotatable bonds is 2. The summed E-state index contributed by atoms with van der Waals surface area (Å²) in [6.45, 7) is 3.05. The summed E-state index contributed by atoms with van der Waals surface area (Å²) in [6.07, 6.45) is 1.77. The van der Waals surface area contributed by atoms with Crippen molar-refractivity contribution in [3.63, 3.8) is 0 Å². The normalized spacial score (nSPS) is 22.5. The number of fused-ring (bicyclic) bond motifs is 1. The van der Waals surface area contributed by atoms with E-state index in [1.54, 1.807) is 6.20 Å². The first-order chi connectivity index (χ1) is 10.0. The lowest BCUT2D eigenvalue weighted by Crippen LogP contribution is -2.47. The molecule has 1 aliphatic heterocycles. The van der Waals surface area contributed by atoms with Gasteiger partial charge in [0, 0.05) is 25.3 Å². The molecular weight excluding hydrogens is 294 g/mol. The minimum atomic E-state index is -0.888. The summed E-state index contributed by atoms with van der Waals surface area (Å²) in [5.74, 6) is 0.932. The third-order valence-corrected chi connectivity index (χ3v) is 3.83. The van der Waals surface area contributed by atoms with E-state index in [4.69, 9.17) is 16.7 Å². The molecule has 21 heavy (non-hydrogen) atoms. The van der Waals surface area contributed by atoms with Gasteiger partial charge in [0.25, 0.3) is 0 Å². The van der Waals surface area contributed by atoms with Crippen molar-refractivity contribution in [1.82, 2.24) is 19.9 Å². The molecule has 1 fully saturated rings. The molecule has 2 aromatic rings. The zero-order chi connectivity index (χ0) is 15.0. The fourth-order valence-electron chi connectivity index (χ4n) is 2.83. The summed E-state index contributed by atoms with van der Waals surface area (Å²) < 4.78 is 0. The van der Waals surface area contributed by atoms with E-state index in [9.17, 15) is 4.79 Å². The number of halogens is 1. The maximum Gasteiger partial charge on any atom is 0.407 e. The van der Waals surface area contributed by atoms with Gasteiger partial charge < -0.3 is 20.3 Å². The van der Waals surface area contributed by atoms with E-state index >= 15 is 0 Å². The quantitative estimate of drug-likeness (QED) is 0.741. The largest absolute Gasteiger partial charge is 0.465 e. The van der Waals surface area contributed by atoms with Crippen LogP contribution < -0.4 is 5.32 Å². The molecule has 0 aliphatic carbocycles. The predicted molar refractivity (Wildman–Crippen MR) is 79.7 cm³/mol. The molecule has 1 saturated heterocycles. The Balaban J connectivity index is 1.84. The number of anilines is 1. The van der Waals surface area contributed by atoms with Gasteiger partial charge >= 0.3 is 6.09 Å². The lowest BCUT2D eigenvalue weighted by molar-refractivity contribution is 0.119. The molecule has 2 atom stereocenters. The Morgan fingerprint density at radius 2 is 2.33 bits per heavy atom. The number of hydrogen-bond acceptors (Lipinski definition) is 4. The summed E-state index contributed by atoms with van der Waals surface area (Å²) >= 11 is 5.92. The molecule has 3 heterocycles. The van der Waals surface area contributed by atoms with Gasteiger partial charge in [-0.1, -0.05) is 6.92 Å². The summed E-state index contributed by atoms with van der Waals surface area (Å²) in [6, 6.07) is 1.88. The number of H-pyrrole nitrogens is 1. The van der Waals surface area contributed by atoms with Crippen molar-refractivity contribution in [2.75, 3.05) is 18.4 Å². The topological polar surface area (TPSA) is 94.1 Å². The second kappa shape index (κ2) is 5.40. The number of nitrogens with one attached hydrogen (secondary N) is 2. The molecule has 0 saturated carbocycles. The highest BCUT2D eigenvalue weighted by atomic mass is 35.5. The molecule has 2 aromatic heterocycles. The highest BCUT2D eigenvalue weighted by molar-refractivity contribution is 6.28. The van der Waals surface area contributed by atoms with Crippen molar-refractivity contribution in [3.8, 4) is 0 Å². The van der Waals surface area contributed by atoms with Gasteiger partial charge in [0.15, 0.2) is 0 Å². The number of carboxylic acid groups (broad SMARTS) is 1. The van der Waals surface area contributed by atoms with Crippen LogP contribution in [0.3, 0.4) is 0 Å². The number of amides is 1. The molecule has 112 valence electrons. The number of aromatic amines is 1. The number of hydrogen-bond donors (Lipinski definition) is 3. The summed E-state index contributed by atoms with van der Waals surface area (Å²) in [5.41, 5.74) is 0.663. The van der Waals surface area contributed by atoms with Crippen LogP contribution >= 0.6 is 11.6 Å². The minimum Gasteiger partial charge on any atom is -0.465 e. The van der Waals surface area contributed by atoms with Crippen molar-refractivity contribution >= 4 is 34.5 Å². The van der Waals surface area contributed by atoms with Crippen LogP contribution in [-0.2, 0) is 0 Å². The monoisotopic (exact) mass is 309 g/mol. The molecule has 0 radical (unpaired) electrons. The molecule has 3 N–H and O–H groups in total. The van der Waals surface area contributed by atoms with Crippen LogP contribution in [0.25, 0.3) is 11.0 Å². The van der Waals surface area contributed by atoms with Crippen LogP contribution in [0, 0.1) is 5.92 Å². The third-order valence-electron chi connectivity index (χ3n) is 3.66. The van der Waals surface area contributed by atoms with Gasteiger partial charge in [-0.3, -0.25) is 0 Å². The standard InChI is InChI=1S/C13H16ClN5O2/c1-7-4-8(6-19(5-7)13(20)21)16-11-9-2-3-15-10(9)17-12(14)18-11/h2-3,7-8H,4-6H2,1H3,(H,20,21)(H2,15,16,17,18). The van der Waals surface area contributed by atoms with Gasteiger partial charge in [0.05, 0.1) is 5.39 Å². The maximum absolute atomic E-state index is 11.2. The van der Waals surface area contributed by atoms with E-state index in [-0.39, 0.29) is 11.3 Å². The fraction of sp³-hybridized carbons (Fsp3) is 0.462. The van der Waals surface area contributed by atoms with Crippen LogP contribution in [0.15, 0.2) is 12.3 Å². The van der Waals surface area contributed by atoms with Crippen molar-refractivity contribution in [2.45, 2.75) is 19.4 Å². The van der Waals surface area contributed by atoms with Crippen molar-refractivity contribution < 1.29 is 9.90 Å². The van der Waals surface area contributed by atoms with Crippen molar-refractivity contribution in [3.05, 3.63) is 17.5 Å². The molecule has 0 spiro atoms. The number of carbonyl (C=O) groups is 1. The average molecular weight is 310 g/mol. The molecule has 3 rings (SSSR count). The lowest BCUT2D eigenvalue weighted by atomic mass is 9.96. The number of likely N-dealkylation sites (tertiary alicyclic amines) is 1. The highest BCUT2D eigenvalue weighted by Crippen LogP contribution is 2.25. The molecule has 0 aromatic carbocycles. The van der Waals surface area contributed by atoms with Gasteiger partial charge in [0.2, 0.25) is 5.28 Å². The molecule has 1 aliphatic rings. The van der Waals surface area contributed by atoms with Crippen LogP contribution in [0.4, 0.5) is 10.6 Å². The Hall–Kier alpha value is -2.02. The van der Waals surface area contributed by atoms with Crippen LogP contribution in [0.5, 0.6) is 0 Å². The molecule has 8 heteroatoms. The zero-order valence-electron chi connectivity index (χ0n) is 11.5. The molecular formula is C13H16ClN5O2. The van der Waals surface area contributed by atoms with Crippen molar-refractivity contribution in [1.29, 1.82) is 0 Å². The van der Waals surface area contributed by atoms with Crippen LogP contribution in [0.2, 0.25) is 5.28 Å². The predicted octanol–water partition coefficient (Wildman–Crippen LogP) is 2.41. The Morgan fingerprint density at radius 1 is 1.52 bits per heavy atom. The molecule has 2 unspecified atom stereocenters. The van der Waals surface area contributed by atoms with Gasteiger partial charge in [-0.15, -0.1) is 0 Å². The van der Waals surface area contributed by atoms with E-state index in [0.717, 1.165) is 11.8 Å². The van der Waals surface area contributed by atoms with Gasteiger partial charge in [0.1, 0.15) is 11.5 Å². The van der Waals surface area contributed by atoms with E-state index in [1.807, 2.05) is 13.0 Å².